The van der Waals surface area contributed by atoms with Gasteiger partial charge in [0, 0.05) is 12.8 Å². The van der Waals surface area contributed by atoms with Gasteiger partial charge >= 0.3 is 11.9 Å². The number of hydrogen-bond acceptors (Lipinski definition) is 6. The topological polar surface area (TPSA) is 90.9 Å². The van der Waals surface area contributed by atoms with Crippen LogP contribution in [0.4, 0.5) is 0 Å². The van der Waals surface area contributed by atoms with Crippen LogP contribution in [0.2, 0.25) is 0 Å². The van der Waals surface area contributed by atoms with Crippen LogP contribution in [-0.4, -0.2) is 30.0 Å². The van der Waals surface area contributed by atoms with Gasteiger partial charge in [0.2, 0.25) is 12.0 Å². The van der Waals surface area contributed by atoms with Crippen molar-refractivity contribution >= 4 is 17.8 Å². The van der Waals surface area contributed by atoms with Crippen LogP contribution < -0.4 is 10.1 Å². The molecule has 3 aromatic rings. The molecule has 7 nitrogen and oxygen atoms in total. The molecule has 0 aromatic heterocycles. The van der Waals surface area contributed by atoms with Gasteiger partial charge in [0.1, 0.15) is 24.1 Å². The number of fused-ring (bicyclic) bond motifs is 10. The van der Waals surface area contributed by atoms with Gasteiger partial charge in [-0.15, -0.1) is 0 Å². The van der Waals surface area contributed by atoms with E-state index in [4.69, 9.17) is 14.2 Å². The number of esters is 2. The van der Waals surface area contributed by atoms with Gasteiger partial charge in [0.15, 0.2) is 0 Å². The van der Waals surface area contributed by atoms with E-state index in [0.717, 1.165) is 48.8 Å². The highest BCUT2D eigenvalue weighted by Gasteiger charge is 2.35. The van der Waals surface area contributed by atoms with Crippen molar-refractivity contribution in [3.05, 3.63) is 95.6 Å². The second-order valence-electron chi connectivity index (χ2n) is 10.6. The van der Waals surface area contributed by atoms with Crippen LogP contribution in [0.5, 0.6) is 11.5 Å². The molecule has 0 saturated heterocycles. The number of amides is 1. The molecule has 0 radical (unpaired) electrons. The van der Waals surface area contributed by atoms with Crippen LogP contribution in [0.15, 0.2) is 78.9 Å². The fraction of sp³-hybridized carbons (Fsp3) is 0.364. The van der Waals surface area contributed by atoms with Crippen LogP contribution >= 0.6 is 0 Å². The second-order valence-corrected chi connectivity index (χ2v) is 10.6. The summed E-state index contributed by atoms with van der Waals surface area (Å²) in [5.74, 6) is -0.212. The number of benzene rings is 3. The van der Waals surface area contributed by atoms with Gasteiger partial charge in [0.25, 0.3) is 0 Å². The number of rotatable bonds is 4. The first-order valence-corrected chi connectivity index (χ1v) is 14.1. The van der Waals surface area contributed by atoms with Crippen molar-refractivity contribution in [2.24, 2.45) is 5.92 Å². The minimum atomic E-state index is -1.18. The highest BCUT2D eigenvalue weighted by Crippen LogP contribution is 2.29. The summed E-state index contributed by atoms with van der Waals surface area (Å²) in [7, 11) is 0. The quantitative estimate of drug-likeness (QED) is 0.427. The van der Waals surface area contributed by atoms with Gasteiger partial charge < -0.3 is 19.5 Å². The predicted octanol–water partition coefficient (Wildman–Crippen LogP) is 5.69. The minimum absolute atomic E-state index is 0.0377. The van der Waals surface area contributed by atoms with Gasteiger partial charge in [0.05, 0.1) is 0 Å². The highest BCUT2D eigenvalue weighted by molar-refractivity contribution is 5.87. The average Bonchev–Trinajstić information content (AvgIpc) is 2.99. The fourth-order valence-electron chi connectivity index (χ4n) is 5.36. The Morgan fingerprint density at radius 2 is 1.60 bits per heavy atom. The maximum absolute atomic E-state index is 13.6. The molecule has 2 heterocycles. The van der Waals surface area contributed by atoms with Crippen LogP contribution in [0.1, 0.15) is 55.2 Å². The van der Waals surface area contributed by atoms with E-state index in [2.05, 4.69) is 5.32 Å². The maximum Gasteiger partial charge on any atom is 0.348 e. The summed E-state index contributed by atoms with van der Waals surface area (Å²) in [6.45, 7) is 0.0650. The average molecular weight is 542 g/mol. The highest BCUT2D eigenvalue weighted by atomic mass is 16.6. The molecule has 40 heavy (non-hydrogen) atoms. The Kier molecular flexibility index (Phi) is 9.11. The lowest BCUT2D eigenvalue weighted by Crippen LogP contribution is -2.49. The van der Waals surface area contributed by atoms with Crippen molar-refractivity contribution in [3.63, 3.8) is 0 Å². The third-order valence-corrected chi connectivity index (χ3v) is 7.56. The summed E-state index contributed by atoms with van der Waals surface area (Å²) in [6, 6.07) is 23.5. The van der Waals surface area contributed by atoms with Crippen molar-refractivity contribution in [1.29, 1.82) is 0 Å². The molecule has 3 aromatic carbocycles. The van der Waals surface area contributed by atoms with E-state index in [9.17, 15) is 14.4 Å². The molecule has 1 fully saturated rings. The first kappa shape index (κ1) is 27.4. The Balaban J connectivity index is 1.43. The zero-order valence-electron chi connectivity index (χ0n) is 22.6. The first-order chi connectivity index (χ1) is 19.5. The largest absolute Gasteiger partial charge is 0.458 e. The normalized spacial score (nSPS) is 20.5. The number of hydrogen-bond donors (Lipinski definition) is 1. The second kappa shape index (κ2) is 13.3. The van der Waals surface area contributed by atoms with Crippen molar-refractivity contribution in [2.75, 3.05) is 0 Å². The van der Waals surface area contributed by atoms with Gasteiger partial charge in [-0.05, 0) is 66.1 Å². The summed E-state index contributed by atoms with van der Waals surface area (Å²) in [6.07, 6.45) is 4.44. The third kappa shape index (κ3) is 7.50. The molecule has 2 atom stereocenters. The van der Waals surface area contributed by atoms with E-state index < -0.39 is 24.1 Å². The smallest absolute Gasteiger partial charge is 0.348 e. The number of carbonyl (C=O) groups excluding carboxylic acids is 3. The summed E-state index contributed by atoms with van der Waals surface area (Å²) in [4.78, 5) is 40.0. The molecular formula is C33H35NO6. The van der Waals surface area contributed by atoms with Crippen molar-refractivity contribution < 1.29 is 28.6 Å². The van der Waals surface area contributed by atoms with Gasteiger partial charge in [-0.1, -0.05) is 73.9 Å². The lowest BCUT2D eigenvalue weighted by molar-refractivity contribution is -0.171. The molecule has 3 aliphatic rings. The molecule has 6 rings (SSSR count). The first-order valence-electron chi connectivity index (χ1n) is 14.1. The standard InChI is InChI=1S/C33H35NO6/c35-30-19-16-23-14-17-27(18-15-23)39-28-13-7-10-25(20-28)21-29(32(36)38-22-24-8-3-1-4-9-24)40-33(37)31(34-30)26-11-5-2-6-12-26/h1,3-4,7-10,13-15,17-18,20,26,29,31H,2,5-6,11-12,16,19,21-22H2,(H,34,35)/t29-,31+/m1/s1. The summed E-state index contributed by atoms with van der Waals surface area (Å²) in [5.41, 5.74) is 2.59. The summed E-state index contributed by atoms with van der Waals surface area (Å²) in [5, 5.41) is 2.95. The molecule has 0 unspecified atom stereocenters. The monoisotopic (exact) mass is 541 g/mol. The van der Waals surface area contributed by atoms with Crippen LogP contribution in [0.25, 0.3) is 0 Å². The van der Waals surface area contributed by atoms with Crippen molar-refractivity contribution in [2.45, 2.75) is 70.1 Å². The van der Waals surface area contributed by atoms with E-state index in [0.29, 0.717) is 17.9 Å². The fourth-order valence-corrected chi connectivity index (χ4v) is 5.36. The molecule has 1 N–H and O–H groups in total. The predicted molar refractivity (Wildman–Crippen MR) is 150 cm³/mol. The number of aryl methyl sites for hydroxylation is 1. The van der Waals surface area contributed by atoms with E-state index in [1.165, 1.54) is 0 Å². The Bertz CT molecular complexity index is 1300. The number of ether oxygens (including phenoxy) is 3. The van der Waals surface area contributed by atoms with Gasteiger partial charge in [-0.25, -0.2) is 9.59 Å². The molecule has 0 spiro atoms. The number of carbonyl (C=O) groups is 3. The van der Waals surface area contributed by atoms with E-state index in [1.54, 1.807) is 0 Å². The lowest BCUT2D eigenvalue weighted by atomic mass is 9.83. The molecule has 1 amide bonds. The maximum atomic E-state index is 13.6. The summed E-state index contributed by atoms with van der Waals surface area (Å²) >= 11 is 0. The zero-order chi connectivity index (χ0) is 27.7. The molecule has 208 valence electrons. The summed E-state index contributed by atoms with van der Waals surface area (Å²) < 4.78 is 17.5. The molecule has 7 heteroatoms. The van der Waals surface area contributed by atoms with Crippen LogP contribution in [0, 0.1) is 5.92 Å². The number of nitrogens with one attached hydrogen (secondary N) is 1. The lowest BCUT2D eigenvalue weighted by Gasteiger charge is -2.30. The van der Waals surface area contributed by atoms with E-state index >= 15 is 0 Å². The van der Waals surface area contributed by atoms with E-state index in [1.807, 2.05) is 78.9 Å². The third-order valence-electron chi connectivity index (χ3n) is 7.56. The molecule has 1 saturated carbocycles. The van der Waals surface area contributed by atoms with E-state index in [-0.39, 0.29) is 31.3 Å². The Hall–Kier alpha value is -4.13. The Morgan fingerprint density at radius 3 is 2.38 bits per heavy atom. The molecule has 1 aliphatic carbocycles. The molecular weight excluding hydrogens is 506 g/mol. The van der Waals surface area contributed by atoms with Crippen LogP contribution in [-0.2, 0) is 43.3 Å². The minimum Gasteiger partial charge on any atom is -0.458 e. The van der Waals surface area contributed by atoms with Crippen LogP contribution in [0.3, 0.4) is 0 Å². The molecule has 2 aliphatic heterocycles. The van der Waals surface area contributed by atoms with Crippen molar-refractivity contribution in [1.82, 2.24) is 5.32 Å². The Labute approximate surface area is 234 Å². The van der Waals surface area contributed by atoms with Crippen molar-refractivity contribution in [3.8, 4) is 11.5 Å². The molecule has 4 bridgehead atoms. The Morgan fingerprint density at radius 1 is 0.825 bits per heavy atom. The zero-order valence-corrected chi connectivity index (χ0v) is 22.6. The SMILES string of the molecule is O=C1CCc2ccc(cc2)Oc2cccc(c2)C[C@H](C(=O)OCc2ccccc2)OC(=O)[C@H](C2CCCCC2)N1. The van der Waals surface area contributed by atoms with Gasteiger partial charge in [-0.3, -0.25) is 4.79 Å². The van der Waals surface area contributed by atoms with Gasteiger partial charge in [-0.2, -0.15) is 0 Å².